The van der Waals surface area contributed by atoms with Gasteiger partial charge in [-0.2, -0.15) is 0 Å². The van der Waals surface area contributed by atoms with E-state index in [0.29, 0.717) is 0 Å². The third kappa shape index (κ3) is 1.94. The zero-order valence-corrected chi connectivity index (χ0v) is 9.77. The van der Waals surface area contributed by atoms with Crippen LogP contribution in [0.4, 0.5) is 0 Å². The monoisotopic (exact) mass is 214 g/mol. The molecule has 2 heteroatoms. The minimum absolute atomic E-state index is 0.0933. The minimum Gasteiger partial charge on any atom is -0.326 e. The number of likely N-dealkylation sites (N-methyl/N-ethyl adjacent to an activating group) is 1. The first-order chi connectivity index (χ1) is 7.74. The van der Waals surface area contributed by atoms with Gasteiger partial charge in [-0.3, -0.25) is 0 Å². The van der Waals surface area contributed by atoms with Crippen molar-refractivity contribution in [1.29, 1.82) is 0 Å². The predicted molar refractivity (Wildman–Crippen MR) is 69.4 cm³/mol. The summed E-state index contributed by atoms with van der Waals surface area (Å²) in [6, 6.07) is 15.1. The summed E-state index contributed by atoms with van der Waals surface area (Å²) in [6.45, 7) is 2.03. The molecule has 0 aromatic heterocycles. The van der Waals surface area contributed by atoms with Gasteiger partial charge in [0.05, 0.1) is 0 Å². The van der Waals surface area contributed by atoms with Crippen molar-refractivity contribution >= 4 is 10.8 Å². The Hall–Kier alpha value is -1.38. The molecule has 0 saturated carbocycles. The summed E-state index contributed by atoms with van der Waals surface area (Å²) in [7, 11) is 1.95. The largest absolute Gasteiger partial charge is 0.326 e. The molecule has 0 spiro atoms. The van der Waals surface area contributed by atoms with Crippen molar-refractivity contribution in [2.45, 2.75) is 19.0 Å². The molecule has 3 N–H and O–H groups in total. The maximum Gasteiger partial charge on any atom is 0.0474 e. The van der Waals surface area contributed by atoms with Crippen LogP contribution in [0.25, 0.3) is 10.8 Å². The second-order valence-electron chi connectivity index (χ2n) is 4.19. The Morgan fingerprint density at radius 1 is 1.06 bits per heavy atom. The fourth-order valence-electron chi connectivity index (χ4n) is 2.22. The van der Waals surface area contributed by atoms with E-state index in [2.05, 4.69) is 47.8 Å². The molecule has 0 saturated heterocycles. The van der Waals surface area contributed by atoms with Crippen LogP contribution in [0.3, 0.4) is 0 Å². The Labute approximate surface area is 96.5 Å². The molecule has 2 nitrogen and oxygen atoms in total. The molecule has 2 atom stereocenters. The van der Waals surface area contributed by atoms with Gasteiger partial charge in [0, 0.05) is 12.1 Å². The lowest BCUT2D eigenvalue weighted by atomic mass is 9.95. The summed E-state index contributed by atoms with van der Waals surface area (Å²) < 4.78 is 0. The molecule has 0 aliphatic carbocycles. The molecule has 0 bridgehead atoms. The van der Waals surface area contributed by atoms with Crippen LogP contribution in [0, 0.1) is 0 Å². The zero-order valence-electron chi connectivity index (χ0n) is 9.77. The van der Waals surface area contributed by atoms with Crippen molar-refractivity contribution in [1.82, 2.24) is 5.32 Å². The van der Waals surface area contributed by atoms with Crippen molar-refractivity contribution in [2.24, 2.45) is 5.73 Å². The van der Waals surface area contributed by atoms with Gasteiger partial charge in [-0.25, -0.2) is 0 Å². The molecule has 2 unspecified atom stereocenters. The first-order valence-electron chi connectivity index (χ1n) is 5.64. The Morgan fingerprint density at radius 3 is 2.44 bits per heavy atom. The van der Waals surface area contributed by atoms with Gasteiger partial charge < -0.3 is 11.1 Å². The van der Waals surface area contributed by atoms with E-state index in [4.69, 9.17) is 5.73 Å². The fourth-order valence-corrected chi connectivity index (χ4v) is 2.22. The summed E-state index contributed by atoms with van der Waals surface area (Å²) in [6.07, 6.45) is 0. The molecule has 0 aliphatic heterocycles. The van der Waals surface area contributed by atoms with E-state index < -0.39 is 0 Å². The normalized spacial score (nSPS) is 14.9. The molecule has 2 aromatic carbocycles. The second kappa shape index (κ2) is 4.64. The van der Waals surface area contributed by atoms with Crippen LogP contribution in [-0.2, 0) is 0 Å². The molecule has 84 valence electrons. The SMILES string of the molecule is CNC(c1cccc2ccccc12)C(C)N. The van der Waals surface area contributed by atoms with Gasteiger partial charge in [0.15, 0.2) is 0 Å². The first-order valence-corrected chi connectivity index (χ1v) is 5.64. The van der Waals surface area contributed by atoms with Gasteiger partial charge in [0.2, 0.25) is 0 Å². The summed E-state index contributed by atoms with van der Waals surface area (Å²) >= 11 is 0. The van der Waals surface area contributed by atoms with E-state index in [1.807, 2.05) is 14.0 Å². The number of fused-ring (bicyclic) bond motifs is 1. The van der Waals surface area contributed by atoms with Crippen LogP contribution < -0.4 is 11.1 Å². The highest BCUT2D eigenvalue weighted by Gasteiger charge is 2.15. The number of nitrogens with two attached hydrogens (primary N) is 1. The van der Waals surface area contributed by atoms with E-state index >= 15 is 0 Å². The van der Waals surface area contributed by atoms with Crippen molar-refractivity contribution in [2.75, 3.05) is 7.05 Å². The van der Waals surface area contributed by atoms with E-state index in [0.717, 1.165) is 0 Å². The summed E-state index contributed by atoms with van der Waals surface area (Å²) in [5.74, 6) is 0. The number of hydrogen-bond donors (Lipinski definition) is 2. The number of rotatable bonds is 3. The van der Waals surface area contributed by atoms with Gasteiger partial charge in [-0.1, -0.05) is 42.5 Å². The Morgan fingerprint density at radius 2 is 1.75 bits per heavy atom. The molecule has 2 rings (SSSR count). The van der Waals surface area contributed by atoms with Crippen molar-refractivity contribution in [3.63, 3.8) is 0 Å². The quantitative estimate of drug-likeness (QED) is 0.823. The van der Waals surface area contributed by atoms with Crippen LogP contribution in [0.2, 0.25) is 0 Å². The molecule has 0 amide bonds. The average molecular weight is 214 g/mol. The Bertz CT molecular complexity index is 472. The van der Waals surface area contributed by atoms with Crippen molar-refractivity contribution in [3.05, 3.63) is 48.0 Å². The van der Waals surface area contributed by atoms with Gasteiger partial charge >= 0.3 is 0 Å². The van der Waals surface area contributed by atoms with Gasteiger partial charge in [-0.15, -0.1) is 0 Å². The highest BCUT2D eigenvalue weighted by atomic mass is 14.9. The Balaban J connectivity index is 2.59. The molecular weight excluding hydrogens is 196 g/mol. The summed E-state index contributed by atoms with van der Waals surface area (Å²) in [5, 5.41) is 5.83. The highest BCUT2D eigenvalue weighted by molar-refractivity contribution is 5.86. The summed E-state index contributed by atoms with van der Waals surface area (Å²) in [5.41, 5.74) is 7.28. The van der Waals surface area contributed by atoms with Crippen LogP contribution in [-0.4, -0.2) is 13.1 Å². The van der Waals surface area contributed by atoms with Crippen LogP contribution >= 0.6 is 0 Å². The third-order valence-electron chi connectivity index (χ3n) is 3.00. The van der Waals surface area contributed by atoms with Gasteiger partial charge in [-0.05, 0) is 30.3 Å². The molecule has 0 aliphatic rings. The zero-order chi connectivity index (χ0) is 11.5. The average Bonchev–Trinajstić information content (AvgIpc) is 2.30. The van der Waals surface area contributed by atoms with Crippen LogP contribution in [0.15, 0.2) is 42.5 Å². The van der Waals surface area contributed by atoms with Gasteiger partial charge in [0.25, 0.3) is 0 Å². The van der Waals surface area contributed by atoms with Crippen molar-refractivity contribution < 1.29 is 0 Å². The van der Waals surface area contributed by atoms with Crippen LogP contribution in [0.1, 0.15) is 18.5 Å². The maximum atomic E-state index is 6.01. The lowest BCUT2D eigenvalue weighted by Gasteiger charge is -2.22. The molecule has 0 radical (unpaired) electrons. The predicted octanol–water partition coefficient (Wildman–Crippen LogP) is 2.45. The molecule has 16 heavy (non-hydrogen) atoms. The lowest BCUT2D eigenvalue weighted by Crippen LogP contribution is -2.33. The molecule has 0 fully saturated rings. The maximum absolute atomic E-state index is 6.01. The van der Waals surface area contributed by atoms with Crippen LogP contribution in [0.5, 0.6) is 0 Å². The highest BCUT2D eigenvalue weighted by Crippen LogP contribution is 2.25. The van der Waals surface area contributed by atoms with Gasteiger partial charge in [0.1, 0.15) is 0 Å². The number of benzene rings is 2. The third-order valence-corrected chi connectivity index (χ3v) is 3.00. The Kier molecular flexibility index (Phi) is 3.22. The topological polar surface area (TPSA) is 38.0 Å². The molecule has 2 aromatic rings. The van der Waals surface area contributed by atoms with E-state index in [9.17, 15) is 0 Å². The summed E-state index contributed by atoms with van der Waals surface area (Å²) in [4.78, 5) is 0. The van der Waals surface area contributed by atoms with E-state index in [-0.39, 0.29) is 12.1 Å². The standard InChI is InChI=1S/C14H18N2/c1-10(15)14(16-2)13-9-5-7-11-6-3-4-8-12(11)13/h3-10,14,16H,15H2,1-2H3. The second-order valence-corrected chi connectivity index (χ2v) is 4.19. The van der Waals surface area contributed by atoms with E-state index in [1.165, 1.54) is 16.3 Å². The lowest BCUT2D eigenvalue weighted by molar-refractivity contribution is 0.507. The molecular formula is C14H18N2. The number of nitrogens with one attached hydrogen (secondary N) is 1. The smallest absolute Gasteiger partial charge is 0.0474 e. The minimum atomic E-state index is 0.0933. The first kappa shape index (κ1) is 11.1. The number of hydrogen-bond acceptors (Lipinski definition) is 2. The molecule has 0 heterocycles. The van der Waals surface area contributed by atoms with E-state index in [1.54, 1.807) is 0 Å². The fraction of sp³-hybridized carbons (Fsp3) is 0.286. The van der Waals surface area contributed by atoms with Crippen molar-refractivity contribution in [3.8, 4) is 0 Å².